The number of ether oxygens (including phenoxy) is 4. The van der Waals surface area contributed by atoms with Crippen LogP contribution in [0, 0.1) is 44.8 Å². The molecule has 6 aliphatic rings. The van der Waals surface area contributed by atoms with Gasteiger partial charge in [-0.3, -0.25) is 14.4 Å². The summed E-state index contributed by atoms with van der Waals surface area (Å²) in [5.74, 6) is 0.522. The second-order valence-electron chi connectivity index (χ2n) is 16.6. The molecule has 5 aliphatic carbocycles. The largest absolute Gasteiger partial charge is 0.457 e. The maximum absolute atomic E-state index is 14.7. The molecule has 1 heterocycles. The van der Waals surface area contributed by atoms with Gasteiger partial charge in [0.25, 0.3) is 0 Å². The number of carbonyl (C=O) groups is 4. The summed E-state index contributed by atoms with van der Waals surface area (Å²) < 4.78 is 23.7. The van der Waals surface area contributed by atoms with Crippen molar-refractivity contribution in [2.24, 2.45) is 44.8 Å². The number of carbonyl (C=O) groups excluding carboxylic acids is 4. The Balaban J connectivity index is 1.25. The van der Waals surface area contributed by atoms with Crippen LogP contribution in [0.1, 0.15) is 106 Å². The minimum atomic E-state index is -1.30. The molecule has 0 bridgehead atoms. The summed E-state index contributed by atoms with van der Waals surface area (Å²) in [5, 5.41) is 10.9. The van der Waals surface area contributed by atoms with Gasteiger partial charge in [0, 0.05) is 12.3 Å². The SMILES string of the molecule is CC(=O)O[C@@H](C1CC[C@H]2C(O1)C(=O)[C@@]1(C)C3CC[C@H]4C(C)(C)[C@@H](O[C@@H](C=O)OCC=O)CC[C@@]45C[C@@]35CC[C@]21C)C(C)(C)O. The van der Waals surface area contributed by atoms with Crippen molar-refractivity contribution in [1.82, 2.24) is 0 Å². The highest BCUT2D eigenvalue weighted by atomic mass is 16.7. The molecule has 9 nitrogen and oxygen atoms in total. The number of esters is 1. The Kier molecular flexibility index (Phi) is 7.64. The molecule has 0 radical (unpaired) electrons. The monoisotopic (exact) mass is 616 g/mol. The molecule has 6 fully saturated rings. The number of fused-ring (bicyclic) bond motifs is 4. The van der Waals surface area contributed by atoms with Crippen LogP contribution in [0.4, 0.5) is 0 Å². The molecule has 12 atom stereocenters. The van der Waals surface area contributed by atoms with E-state index in [1.807, 2.05) is 0 Å². The van der Waals surface area contributed by atoms with Crippen LogP contribution in [0.25, 0.3) is 0 Å². The van der Waals surface area contributed by atoms with E-state index in [-0.39, 0.29) is 52.0 Å². The summed E-state index contributed by atoms with van der Waals surface area (Å²) in [6.45, 7) is 13.5. The highest BCUT2D eigenvalue weighted by molar-refractivity contribution is 5.93. The number of hydrogen-bond acceptors (Lipinski definition) is 9. The normalized spacial score (nSPS) is 46.7. The lowest BCUT2D eigenvalue weighted by molar-refractivity contribution is -0.220. The Labute approximate surface area is 261 Å². The zero-order valence-corrected chi connectivity index (χ0v) is 27.6. The fraction of sp³-hybridized carbons (Fsp3) is 0.886. The maximum Gasteiger partial charge on any atom is 0.303 e. The first-order chi connectivity index (χ1) is 20.5. The summed E-state index contributed by atoms with van der Waals surface area (Å²) in [6.07, 6.45) is 6.62. The zero-order chi connectivity index (χ0) is 32.1. The minimum absolute atomic E-state index is 0.105. The van der Waals surface area contributed by atoms with Gasteiger partial charge in [0.1, 0.15) is 19.0 Å². The highest BCUT2D eigenvalue weighted by Gasteiger charge is 2.84. The second kappa shape index (κ2) is 10.4. The predicted octanol–water partition coefficient (Wildman–Crippen LogP) is 4.59. The molecular formula is C35H52O9. The Hall–Kier alpha value is -1.68. The van der Waals surface area contributed by atoms with E-state index in [1.165, 1.54) is 6.92 Å². The summed E-state index contributed by atoms with van der Waals surface area (Å²) in [6, 6.07) is 0. The average Bonchev–Trinajstić information content (AvgIpc) is 3.59. The maximum atomic E-state index is 14.7. The number of rotatable bonds is 9. The Morgan fingerprint density at radius 1 is 1.02 bits per heavy atom. The zero-order valence-electron chi connectivity index (χ0n) is 27.6. The number of ketones is 1. The molecule has 1 saturated heterocycles. The second-order valence-corrected chi connectivity index (χ2v) is 16.6. The van der Waals surface area contributed by atoms with Crippen molar-refractivity contribution in [3.05, 3.63) is 0 Å². The average molecular weight is 617 g/mol. The van der Waals surface area contributed by atoms with Gasteiger partial charge in [0.15, 0.2) is 18.2 Å². The lowest BCUT2D eigenvalue weighted by atomic mass is 9.42. The van der Waals surface area contributed by atoms with Crippen LogP contribution in [-0.4, -0.2) is 72.3 Å². The minimum Gasteiger partial charge on any atom is -0.457 e. The van der Waals surface area contributed by atoms with Gasteiger partial charge < -0.3 is 28.8 Å². The Bertz CT molecular complexity index is 1210. The first-order valence-electron chi connectivity index (χ1n) is 16.8. The van der Waals surface area contributed by atoms with Crippen LogP contribution in [0.3, 0.4) is 0 Å². The molecule has 0 aromatic rings. The number of aldehydes is 2. The Morgan fingerprint density at radius 3 is 2.34 bits per heavy atom. The van der Waals surface area contributed by atoms with E-state index in [2.05, 4.69) is 27.7 Å². The van der Waals surface area contributed by atoms with Crippen molar-refractivity contribution in [2.45, 2.75) is 143 Å². The predicted molar refractivity (Wildman–Crippen MR) is 159 cm³/mol. The van der Waals surface area contributed by atoms with Gasteiger partial charge in [0.05, 0.1) is 17.8 Å². The van der Waals surface area contributed by atoms with Crippen LogP contribution >= 0.6 is 0 Å². The summed E-state index contributed by atoms with van der Waals surface area (Å²) >= 11 is 0. The van der Waals surface area contributed by atoms with Crippen LogP contribution in [0.2, 0.25) is 0 Å². The van der Waals surface area contributed by atoms with Crippen LogP contribution in [-0.2, 0) is 38.1 Å². The quantitative estimate of drug-likeness (QED) is 0.225. The molecule has 0 amide bonds. The van der Waals surface area contributed by atoms with E-state index < -0.39 is 41.6 Å². The van der Waals surface area contributed by atoms with E-state index in [4.69, 9.17) is 18.9 Å². The summed E-state index contributed by atoms with van der Waals surface area (Å²) in [5.41, 5.74) is -1.91. The molecule has 5 saturated carbocycles. The fourth-order valence-electron chi connectivity index (χ4n) is 12.2. The first kappa shape index (κ1) is 32.3. The van der Waals surface area contributed by atoms with E-state index in [9.17, 15) is 24.3 Å². The van der Waals surface area contributed by atoms with E-state index in [1.54, 1.807) is 13.8 Å². The van der Waals surface area contributed by atoms with Crippen LogP contribution in [0.15, 0.2) is 0 Å². The molecule has 1 N–H and O–H groups in total. The molecule has 246 valence electrons. The van der Waals surface area contributed by atoms with E-state index in [0.29, 0.717) is 24.9 Å². The number of aliphatic hydroxyl groups is 1. The molecule has 0 aromatic carbocycles. The third kappa shape index (κ3) is 4.24. The van der Waals surface area contributed by atoms with Crippen LogP contribution < -0.4 is 0 Å². The fourth-order valence-corrected chi connectivity index (χ4v) is 12.2. The molecule has 9 heteroatoms. The van der Waals surface area contributed by atoms with Crippen molar-refractivity contribution < 1.29 is 43.2 Å². The van der Waals surface area contributed by atoms with Crippen molar-refractivity contribution in [3.63, 3.8) is 0 Å². The molecule has 0 aromatic heterocycles. The van der Waals surface area contributed by atoms with Gasteiger partial charge in [-0.2, -0.15) is 0 Å². The van der Waals surface area contributed by atoms with Gasteiger partial charge in [-0.1, -0.05) is 27.7 Å². The lowest BCUT2D eigenvalue weighted by Crippen LogP contribution is -2.59. The third-order valence-corrected chi connectivity index (χ3v) is 14.2. The van der Waals surface area contributed by atoms with E-state index >= 15 is 0 Å². The summed E-state index contributed by atoms with van der Waals surface area (Å²) in [4.78, 5) is 49.2. The third-order valence-electron chi connectivity index (χ3n) is 14.2. The standard InChI is InChI=1S/C35H52O9/c1-20(38)42-29(31(4,5)40)22-9-8-21-27(43-22)28(39)33(7)24-11-10-23-30(2,3)25(44-26(18-37)41-17-16-36)12-13-34(23)19-35(24,34)15-14-32(21,33)6/h16,18,21-27,29,40H,8-15,17,19H2,1-7H3/t21-,22?,23-,24?,25-,26-,27?,29-,32+,33+,34+,35-/m0/s1. The van der Waals surface area contributed by atoms with Gasteiger partial charge in [0.2, 0.25) is 6.29 Å². The number of Topliss-reactive ketones (excluding diaryl/α,β-unsaturated/α-hetero) is 1. The van der Waals surface area contributed by atoms with Gasteiger partial charge in [-0.25, -0.2) is 0 Å². The lowest BCUT2D eigenvalue weighted by Gasteiger charge is -2.62. The highest BCUT2D eigenvalue weighted by Crippen LogP contribution is 2.88. The molecule has 2 spiro atoms. The molecule has 6 rings (SSSR count). The van der Waals surface area contributed by atoms with Crippen molar-refractivity contribution in [1.29, 1.82) is 0 Å². The van der Waals surface area contributed by atoms with E-state index in [0.717, 1.165) is 51.4 Å². The van der Waals surface area contributed by atoms with Crippen LogP contribution in [0.5, 0.6) is 0 Å². The molecule has 44 heavy (non-hydrogen) atoms. The topological polar surface area (TPSA) is 125 Å². The van der Waals surface area contributed by atoms with Gasteiger partial charge in [-0.05, 0) is 111 Å². The summed E-state index contributed by atoms with van der Waals surface area (Å²) in [7, 11) is 0. The molecule has 3 unspecified atom stereocenters. The first-order valence-corrected chi connectivity index (χ1v) is 16.8. The Morgan fingerprint density at radius 2 is 1.70 bits per heavy atom. The van der Waals surface area contributed by atoms with Gasteiger partial charge >= 0.3 is 5.97 Å². The number of hydrogen-bond donors (Lipinski definition) is 1. The van der Waals surface area contributed by atoms with Crippen molar-refractivity contribution >= 4 is 24.3 Å². The van der Waals surface area contributed by atoms with Crippen molar-refractivity contribution in [3.8, 4) is 0 Å². The molecule has 1 aliphatic heterocycles. The smallest absolute Gasteiger partial charge is 0.303 e. The van der Waals surface area contributed by atoms with Gasteiger partial charge in [-0.15, -0.1) is 0 Å². The van der Waals surface area contributed by atoms with Crippen molar-refractivity contribution in [2.75, 3.05) is 6.61 Å². The molecular weight excluding hydrogens is 564 g/mol.